The zero-order valence-corrected chi connectivity index (χ0v) is 8.88. The Morgan fingerprint density at radius 3 is 3.13 bits per heavy atom. The zero-order valence-electron chi connectivity index (χ0n) is 8.88. The van der Waals surface area contributed by atoms with Crippen molar-refractivity contribution in [2.75, 3.05) is 13.1 Å². The van der Waals surface area contributed by atoms with Crippen molar-refractivity contribution in [2.24, 2.45) is 0 Å². The molecule has 0 spiro atoms. The maximum Gasteiger partial charge on any atom is 0.0931 e. The van der Waals surface area contributed by atoms with Gasteiger partial charge in [0.2, 0.25) is 0 Å². The van der Waals surface area contributed by atoms with Crippen LogP contribution in [0.2, 0.25) is 0 Å². The van der Waals surface area contributed by atoms with E-state index in [2.05, 4.69) is 34.3 Å². The van der Waals surface area contributed by atoms with Gasteiger partial charge in [0.1, 0.15) is 0 Å². The highest BCUT2D eigenvalue weighted by atomic mass is 14.9. The Morgan fingerprint density at radius 1 is 1.40 bits per heavy atom. The van der Waals surface area contributed by atoms with E-state index in [1.807, 2.05) is 0 Å². The van der Waals surface area contributed by atoms with Gasteiger partial charge < -0.3 is 10.3 Å². The third-order valence-corrected chi connectivity index (χ3v) is 3.31. The summed E-state index contributed by atoms with van der Waals surface area (Å²) in [4.78, 5) is 7.47. The van der Waals surface area contributed by atoms with Gasteiger partial charge in [-0.15, -0.1) is 0 Å². The van der Waals surface area contributed by atoms with E-state index in [0.717, 1.165) is 24.1 Å². The summed E-state index contributed by atoms with van der Waals surface area (Å²) in [6.45, 7) is 4.44. The molecule has 1 saturated heterocycles. The van der Waals surface area contributed by atoms with Crippen LogP contribution in [0.5, 0.6) is 0 Å². The van der Waals surface area contributed by atoms with E-state index < -0.39 is 0 Å². The van der Waals surface area contributed by atoms with Crippen molar-refractivity contribution in [3.8, 4) is 0 Å². The largest absolute Gasteiger partial charge is 0.345 e. The Hall–Kier alpha value is -1.35. The Kier molecular flexibility index (Phi) is 1.99. The van der Waals surface area contributed by atoms with Gasteiger partial charge in [-0.1, -0.05) is 0 Å². The molecular formula is C12H15N3. The molecule has 0 saturated carbocycles. The van der Waals surface area contributed by atoms with E-state index in [1.54, 1.807) is 6.33 Å². The smallest absolute Gasteiger partial charge is 0.0931 e. The first-order valence-corrected chi connectivity index (χ1v) is 5.49. The standard InChI is InChI=1S/C12H15N3/c1-8-4-11-12(15-7-14-11)5-10(8)9-2-3-13-6-9/h4-5,7,9,13H,2-3,6H2,1H3,(H,14,15). The average molecular weight is 201 g/mol. The van der Waals surface area contributed by atoms with Crippen LogP contribution in [0.1, 0.15) is 23.5 Å². The summed E-state index contributed by atoms with van der Waals surface area (Å²) in [6, 6.07) is 4.44. The highest BCUT2D eigenvalue weighted by Gasteiger charge is 2.18. The van der Waals surface area contributed by atoms with Crippen molar-refractivity contribution in [3.63, 3.8) is 0 Å². The molecule has 1 aliphatic heterocycles. The second kappa shape index (κ2) is 3.35. The van der Waals surface area contributed by atoms with Crippen LogP contribution >= 0.6 is 0 Å². The number of aromatic nitrogens is 2. The van der Waals surface area contributed by atoms with Crippen molar-refractivity contribution in [1.29, 1.82) is 0 Å². The molecule has 0 aliphatic carbocycles. The molecule has 3 rings (SSSR count). The van der Waals surface area contributed by atoms with Gasteiger partial charge in [0.05, 0.1) is 17.4 Å². The molecule has 0 radical (unpaired) electrons. The summed E-state index contributed by atoms with van der Waals surface area (Å²) in [5.41, 5.74) is 5.06. The predicted octanol–water partition coefficient (Wildman–Crippen LogP) is 1.95. The predicted molar refractivity (Wildman–Crippen MR) is 61.1 cm³/mol. The molecule has 1 unspecified atom stereocenters. The minimum Gasteiger partial charge on any atom is -0.345 e. The Labute approximate surface area is 88.9 Å². The molecule has 1 aromatic carbocycles. The number of imidazole rings is 1. The summed E-state index contributed by atoms with van der Waals surface area (Å²) >= 11 is 0. The lowest BCUT2D eigenvalue weighted by molar-refractivity contribution is 0.758. The number of hydrogen-bond donors (Lipinski definition) is 2. The lowest BCUT2D eigenvalue weighted by Gasteiger charge is -2.12. The van der Waals surface area contributed by atoms with Crippen molar-refractivity contribution < 1.29 is 0 Å². The third kappa shape index (κ3) is 1.43. The maximum absolute atomic E-state index is 4.32. The maximum atomic E-state index is 4.32. The fraction of sp³-hybridized carbons (Fsp3) is 0.417. The van der Waals surface area contributed by atoms with Crippen molar-refractivity contribution in [3.05, 3.63) is 29.6 Å². The fourth-order valence-corrected chi connectivity index (χ4v) is 2.47. The first kappa shape index (κ1) is 8.92. The van der Waals surface area contributed by atoms with E-state index in [-0.39, 0.29) is 0 Å². The SMILES string of the molecule is Cc1cc2[nH]cnc2cc1C1CCNC1. The summed E-state index contributed by atoms with van der Waals surface area (Å²) < 4.78 is 0. The minimum absolute atomic E-state index is 0.672. The van der Waals surface area contributed by atoms with Gasteiger partial charge in [0.25, 0.3) is 0 Å². The van der Waals surface area contributed by atoms with E-state index in [0.29, 0.717) is 5.92 Å². The van der Waals surface area contributed by atoms with Crippen molar-refractivity contribution in [1.82, 2.24) is 15.3 Å². The number of aryl methyl sites for hydroxylation is 1. The molecule has 2 aromatic rings. The van der Waals surface area contributed by atoms with Crippen molar-refractivity contribution >= 4 is 11.0 Å². The normalized spacial score (nSPS) is 21.3. The van der Waals surface area contributed by atoms with Gasteiger partial charge in [-0.2, -0.15) is 0 Å². The monoisotopic (exact) mass is 201 g/mol. The molecule has 1 fully saturated rings. The lowest BCUT2D eigenvalue weighted by Crippen LogP contribution is -2.08. The van der Waals surface area contributed by atoms with Crippen LogP contribution in [0, 0.1) is 6.92 Å². The zero-order chi connectivity index (χ0) is 10.3. The molecule has 78 valence electrons. The number of hydrogen-bond acceptors (Lipinski definition) is 2. The van der Waals surface area contributed by atoms with E-state index in [4.69, 9.17) is 0 Å². The summed E-state index contributed by atoms with van der Waals surface area (Å²) in [5, 5.41) is 3.41. The van der Waals surface area contributed by atoms with Crippen LogP contribution in [-0.4, -0.2) is 23.1 Å². The summed E-state index contributed by atoms with van der Waals surface area (Å²) in [7, 11) is 0. The van der Waals surface area contributed by atoms with Gasteiger partial charge in [0.15, 0.2) is 0 Å². The van der Waals surface area contributed by atoms with Crippen LogP contribution in [0.25, 0.3) is 11.0 Å². The van der Waals surface area contributed by atoms with E-state index in [1.165, 1.54) is 17.5 Å². The molecule has 2 heterocycles. The van der Waals surface area contributed by atoms with Crippen molar-refractivity contribution in [2.45, 2.75) is 19.3 Å². The first-order valence-electron chi connectivity index (χ1n) is 5.49. The van der Waals surface area contributed by atoms with Gasteiger partial charge in [-0.05, 0) is 49.1 Å². The first-order chi connectivity index (χ1) is 7.34. The van der Waals surface area contributed by atoms with Gasteiger partial charge >= 0.3 is 0 Å². The number of rotatable bonds is 1. The van der Waals surface area contributed by atoms with Crippen LogP contribution in [0.3, 0.4) is 0 Å². The second-order valence-electron chi connectivity index (χ2n) is 4.32. The molecule has 0 bridgehead atoms. The molecule has 1 aliphatic rings. The average Bonchev–Trinajstić information content (AvgIpc) is 2.85. The van der Waals surface area contributed by atoms with E-state index in [9.17, 15) is 0 Å². The summed E-state index contributed by atoms with van der Waals surface area (Å²) in [5.74, 6) is 0.672. The van der Waals surface area contributed by atoms with Crippen LogP contribution in [-0.2, 0) is 0 Å². The van der Waals surface area contributed by atoms with Crippen LogP contribution in [0.4, 0.5) is 0 Å². The topological polar surface area (TPSA) is 40.7 Å². The van der Waals surface area contributed by atoms with Gasteiger partial charge in [0, 0.05) is 6.54 Å². The van der Waals surface area contributed by atoms with E-state index >= 15 is 0 Å². The number of benzene rings is 1. The molecule has 0 amide bonds. The third-order valence-electron chi connectivity index (χ3n) is 3.31. The molecule has 1 aromatic heterocycles. The minimum atomic E-state index is 0.672. The van der Waals surface area contributed by atoms with Gasteiger partial charge in [-0.3, -0.25) is 0 Å². The molecule has 2 N–H and O–H groups in total. The van der Waals surface area contributed by atoms with Gasteiger partial charge in [-0.25, -0.2) is 4.98 Å². The Bertz CT molecular complexity index is 481. The molecular weight excluding hydrogens is 186 g/mol. The molecule has 3 heteroatoms. The highest BCUT2D eigenvalue weighted by molar-refractivity contribution is 5.76. The van der Waals surface area contributed by atoms with Crippen LogP contribution in [0.15, 0.2) is 18.5 Å². The second-order valence-corrected chi connectivity index (χ2v) is 4.32. The number of H-pyrrole nitrogens is 1. The number of aromatic amines is 1. The fourth-order valence-electron chi connectivity index (χ4n) is 2.47. The molecule has 3 nitrogen and oxygen atoms in total. The highest BCUT2D eigenvalue weighted by Crippen LogP contribution is 2.27. The number of nitrogens with zero attached hydrogens (tertiary/aromatic N) is 1. The molecule has 1 atom stereocenters. The molecule has 15 heavy (non-hydrogen) atoms. The summed E-state index contributed by atoms with van der Waals surface area (Å²) in [6.07, 6.45) is 3.01. The quantitative estimate of drug-likeness (QED) is 0.740. The lowest BCUT2D eigenvalue weighted by atomic mass is 9.94. The number of nitrogens with one attached hydrogen (secondary N) is 2. The van der Waals surface area contributed by atoms with Crippen LogP contribution < -0.4 is 5.32 Å². The Morgan fingerprint density at radius 2 is 2.33 bits per heavy atom. The number of fused-ring (bicyclic) bond motifs is 1. The Balaban J connectivity index is 2.11.